The van der Waals surface area contributed by atoms with Crippen molar-refractivity contribution in [1.82, 2.24) is 0 Å². The molecule has 0 radical (unpaired) electrons. The van der Waals surface area contributed by atoms with Crippen LogP contribution in [0.2, 0.25) is 0 Å². The Morgan fingerprint density at radius 2 is 1.56 bits per heavy atom. The zero-order chi connectivity index (χ0) is 11.4. The Morgan fingerprint density at radius 1 is 0.938 bits per heavy atom. The molecule has 0 bridgehead atoms. The van der Waals surface area contributed by atoms with E-state index in [1.807, 2.05) is 18.2 Å². The van der Waals surface area contributed by atoms with E-state index >= 15 is 0 Å². The van der Waals surface area contributed by atoms with Crippen molar-refractivity contribution < 1.29 is 9.66 Å². The molecule has 0 fully saturated rings. The Balaban J connectivity index is 2.14. The molecule has 0 saturated heterocycles. The Bertz CT molecular complexity index is 462. The maximum atomic E-state index is 11.9. The summed E-state index contributed by atoms with van der Waals surface area (Å²) in [7, 11) is 0. The lowest BCUT2D eigenvalue weighted by molar-refractivity contribution is 0.477. The second kappa shape index (κ2) is 4.92. The third-order valence-electron chi connectivity index (χ3n) is 2.06. The standard InChI is InChI=1S/C12H11NO2S/c14-12-9-5-4-8-11(12)13-16(15)10-6-2-1-3-7-10/h1-9,13-14H. The number of anilines is 1. The molecule has 0 amide bonds. The number of benzene rings is 2. The van der Waals surface area contributed by atoms with E-state index in [4.69, 9.17) is 0 Å². The molecule has 82 valence electrons. The fraction of sp³-hybridized carbons (Fsp3) is 0. The van der Waals surface area contributed by atoms with Gasteiger partial charge >= 0.3 is 0 Å². The molecule has 0 aromatic heterocycles. The maximum Gasteiger partial charge on any atom is 0.179 e. The van der Waals surface area contributed by atoms with E-state index in [0.717, 1.165) is 0 Å². The Hall–Kier alpha value is -1.65. The molecule has 0 saturated carbocycles. The number of phenolic OH excluding ortho intramolecular Hbond substituents is 1. The van der Waals surface area contributed by atoms with Crippen LogP contribution in [0.3, 0.4) is 0 Å². The third-order valence-corrected chi connectivity index (χ3v) is 3.17. The molecule has 16 heavy (non-hydrogen) atoms. The monoisotopic (exact) mass is 233 g/mol. The van der Waals surface area contributed by atoms with E-state index in [2.05, 4.69) is 4.72 Å². The van der Waals surface area contributed by atoms with E-state index < -0.39 is 11.4 Å². The van der Waals surface area contributed by atoms with Crippen molar-refractivity contribution in [3.8, 4) is 5.75 Å². The minimum atomic E-state index is -1.35. The summed E-state index contributed by atoms with van der Waals surface area (Å²) in [6.45, 7) is 0. The molecule has 4 heteroatoms. The van der Waals surface area contributed by atoms with Crippen LogP contribution in [0.15, 0.2) is 59.5 Å². The van der Waals surface area contributed by atoms with Crippen LogP contribution in [0.5, 0.6) is 5.75 Å². The van der Waals surface area contributed by atoms with Gasteiger partial charge in [-0.2, -0.15) is 4.72 Å². The first kappa shape index (κ1) is 10.9. The molecule has 0 spiro atoms. The summed E-state index contributed by atoms with van der Waals surface area (Å²) < 4.78 is 14.6. The molecule has 2 rings (SSSR count). The highest BCUT2D eigenvalue weighted by Gasteiger charge is 2.12. The number of phenols is 1. The lowest BCUT2D eigenvalue weighted by atomic mass is 10.3. The number of aromatic hydroxyl groups is 1. The first-order chi connectivity index (χ1) is 7.77. The van der Waals surface area contributed by atoms with Gasteiger partial charge in [0.25, 0.3) is 0 Å². The van der Waals surface area contributed by atoms with Crippen LogP contribution >= 0.6 is 0 Å². The summed E-state index contributed by atoms with van der Waals surface area (Å²) in [5.41, 5.74) is 0.463. The van der Waals surface area contributed by atoms with Gasteiger partial charge in [0.1, 0.15) is 22.8 Å². The average molecular weight is 233 g/mol. The van der Waals surface area contributed by atoms with Crippen molar-refractivity contribution in [3.63, 3.8) is 0 Å². The molecule has 2 aromatic rings. The van der Waals surface area contributed by atoms with Gasteiger partial charge in [-0.15, -0.1) is 0 Å². The molecule has 1 atom stereocenters. The van der Waals surface area contributed by atoms with Gasteiger partial charge in [-0.25, -0.2) is 0 Å². The molecule has 2 N–H and O–H groups in total. The van der Waals surface area contributed by atoms with Crippen LogP contribution in [0, 0.1) is 0 Å². The lowest BCUT2D eigenvalue weighted by Crippen LogP contribution is -2.12. The zero-order valence-corrected chi connectivity index (χ0v) is 9.28. The van der Waals surface area contributed by atoms with Crippen molar-refractivity contribution in [3.05, 3.63) is 54.6 Å². The van der Waals surface area contributed by atoms with Crippen LogP contribution in [-0.4, -0.2) is 9.66 Å². The highest BCUT2D eigenvalue weighted by Crippen LogP contribution is 2.24. The van der Waals surface area contributed by atoms with Gasteiger partial charge in [-0.1, -0.05) is 30.3 Å². The SMILES string of the molecule is [O-][S+](Nc1ccccc1O)c1ccccc1. The summed E-state index contributed by atoms with van der Waals surface area (Å²) in [5, 5.41) is 9.51. The van der Waals surface area contributed by atoms with Crippen LogP contribution in [0.1, 0.15) is 0 Å². The third kappa shape index (κ3) is 2.48. The predicted molar refractivity (Wildman–Crippen MR) is 64.6 cm³/mol. The molecule has 3 nitrogen and oxygen atoms in total. The normalized spacial score (nSPS) is 12.1. The summed E-state index contributed by atoms with van der Waals surface area (Å²) in [4.78, 5) is 0.672. The Kier molecular flexibility index (Phi) is 3.34. The average Bonchev–Trinajstić information content (AvgIpc) is 2.33. The largest absolute Gasteiger partial charge is 0.588 e. The second-order valence-corrected chi connectivity index (χ2v) is 4.41. The van der Waals surface area contributed by atoms with Crippen molar-refractivity contribution in [2.45, 2.75) is 4.90 Å². The highest BCUT2D eigenvalue weighted by molar-refractivity contribution is 7.92. The Labute approximate surface area is 97.1 Å². The number of rotatable bonds is 3. The first-order valence-corrected chi connectivity index (χ1v) is 5.94. The van der Waals surface area contributed by atoms with E-state index in [1.165, 1.54) is 0 Å². The van der Waals surface area contributed by atoms with Crippen LogP contribution in [0.25, 0.3) is 0 Å². The van der Waals surface area contributed by atoms with Crippen LogP contribution < -0.4 is 4.72 Å². The molecule has 0 aliphatic carbocycles. The van der Waals surface area contributed by atoms with Gasteiger partial charge in [-0.05, 0) is 24.3 Å². The summed E-state index contributed by atoms with van der Waals surface area (Å²) >= 11 is -1.35. The Morgan fingerprint density at radius 3 is 2.25 bits per heavy atom. The first-order valence-electron chi connectivity index (χ1n) is 4.79. The van der Waals surface area contributed by atoms with Crippen LogP contribution in [0.4, 0.5) is 5.69 Å². The molecule has 0 aliphatic heterocycles. The van der Waals surface area contributed by atoms with Gasteiger partial charge < -0.3 is 9.66 Å². The number of nitrogens with one attached hydrogen (secondary N) is 1. The number of hydrogen-bond donors (Lipinski definition) is 2. The molecule has 2 aromatic carbocycles. The molecule has 0 heterocycles. The second-order valence-electron chi connectivity index (χ2n) is 3.20. The van der Waals surface area contributed by atoms with E-state index in [-0.39, 0.29) is 5.75 Å². The molecule has 0 aliphatic rings. The summed E-state index contributed by atoms with van der Waals surface area (Å²) in [5.74, 6) is 0.0896. The van der Waals surface area contributed by atoms with Gasteiger partial charge in [-0.3, -0.25) is 0 Å². The highest BCUT2D eigenvalue weighted by atomic mass is 32.2. The lowest BCUT2D eigenvalue weighted by Gasteiger charge is -2.11. The topological polar surface area (TPSA) is 55.3 Å². The van der Waals surface area contributed by atoms with Gasteiger partial charge in [0.15, 0.2) is 4.90 Å². The van der Waals surface area contributed by atoms with Crippen LogP contribution in [-0.2, 0) is 11.4 Å². The quantitative estimate of drug-likeness (QED) is 0.632. The van der Waals surface area contributed by atoms with Crippen molar-refractivity contribution in [1.29, 1.82) is 0 Å². The smallest absolute Gasteiger partial charge is 0.179 e. The number of hydrogen-bond acceptors (Lipinski definition) is 3. The molecular formula is C12H11NO2S. The van der Waals surface area contributed by atoms with Crippen molar-refractivity contribution in [2.75, 3.05) is 4.72 Å². The van der Waals surface area contributed by atoms with E-state index in [9.17, 15) is 9.66 Å². The zero-order valence-electron chi connectivity index (χ0n) is 8.46. The van der Waals surface area contributed by atoms with E-state index in [0.29, 0.717) is 10.6 Å². The van der Waals surface area contributed by atoms with E-state index in [1.54, 1.807) is 36.4 Å². The minimum absolute atomic E-state index is 0.0896. The van der Waals surface area contributed by atoms with Gasteiger partial charge in [0, 0.05) is 0 Å². The minimum Gasteiger partial charge on any atom is -0.588 e. The fourth-order valence-corrected chi connectivity index (χ4v) is 2.16. The fourth-order valence-electron chi connectivity index (χ4n) is 1.26. The predicted octanol–water partition coefficient (Wildman–Crippen LogP) is 2.53. The summed E-state index contributed by atoms with van der Waals surface area (Å²) in [6, 6.07) is 15.7. The molecular weight excluding hydrogens is 222 g/mol. The van der Waals surface area contributed by atoms with Gasteiger partial charge in [0.2, 0.25) is 0 Å². The molecule has 1 unspecified atom stereocenters. The van der Waals surface area contributed by atoms with Crippen molar-refractivity contribution >= 4 is 17.0 Å². The van der Waals surface area contributed by atoms with Crippen molar-refractivity contribution in [2.24, 2.45) is 0 Å². The maximum absolute atomic E-state index is 11.9. The van der Waals surface area contributed by atoms with Gasteiger partial charge in [0.05, 0.1) is 0 Å². The summed E-state index contributed by atoms with van der Waals surface area (Å²) in [6.07, 6.45) is 0. The number of para-hydroxylation sites is 2.